The monoisotopic (exact) mass is 396 g/mol. The Balaban J connectivity index is 1.55. The second-order valence-electron chi connectivity index (χ2n) is 6.62. The average Bonchev–Trinajstić information content (AvgIpc) is 2.72. The van der Waals surface area contributed by atoms with Crippen LogP contribution in [0.3, 0.4) is 0 Å². The number of piperazine rings is 1. The van der Waals surface area contributed by atoms with Crippen LogP contribution in [0.5, 0.6) is 5.75 Å². The maximum atomic E-state index is 12.9. The van der Waals surface area contributed by atoms with Gasteiger partial charge in [0.15, 0.2) is 0 Å². The molecule has 29 heavy (non-hydrogen) atoms. The standard InChI is InChI=1S/C22H21FN2O4/c1-16(26)29-20-4-2-3-18(15-20)22(28)25-13-11-24(12-14-25)21(27)10-7-17-5-8-19(23)9-6-17/h2-10,15H,11-14H2,1H3/b10-7+. The number of halogens is 1. The van der Waals surface area contributed by atoms with E-state index in [2.05, 4.69) is 0 Å². The van der Waals surface area contributed by atoms with E-state index in [1.54, 1.807) is 46.2 Å². The Hall–Kier alpha value is -3.48. The summed E-state index contributed by atoms with van der Waals surface area (Å²) in [7, 11) is 0. The molecular formula is C22H21FN2O4. The summed E-state index contributed by atoms with van der Waals surface area (Å²) < 4.78 is 17.9. The second-order valence-corrected chi connectivity index (χ2v) is 6.62. The van der Waals surface area contributed by atoms with Gasteiger partial charge in [-0.1, -0.05) is 18.2 Å². The fourth-order valence-electron chi connectivity index (χ4n) is 3.02. The second kappa shape index (κ2) is 9.14. The van der Waals surface area contributed by atoms with Crippen LogP contribution in [0.2, 0.25) is 0 Å². The number of rotatable bonds is 4. The van der Waals surface area contributed by atoms with Crippen molar-refractivity contribution < 1.29 is 23.5 Å². The number of hydrogen-bond donors (Lipinski definition) is 0. The van der Waals surface area contributed by atoms with E-state index in [1.165, 1.54) is 31.2 Å². The van der Waals surface area contributed by atoms with Crippen molar-refractivity contribution in [2.24, 2.45) is 0 Å². The van der Waals surface area contributed by atoms with Gasteiger partial charge in [0.1, 0.15) is 11.6 Å². The van der Waals surface area contributed by atoms with Crippen molar-refractivity contribution in [2.45, 2.75) is 6.92 Å². The number of nitrogens with zero attached hydrogens (tertiary/aromatic N) is 2. The molecule has 0 saturated carbocycles. The maximum Gasteiger partial charge on any atom is 0.308 e. The van der Waals surface area contributed by atoms with Crippen LogP contribution in [0, 0.1) is 5.82 Å². The first-order valence-corrected chi connectivity index (χ1v) is 9.23. The molecule has 7 heteroatoms. The summed E-state index contributed by atoms with van der Waals surface area (Å²) in [5.41, 5.74) is 1.17. The molecule has 2 aromatic carbocycles. The minimum Gasteiger partial charge on any atom is -0.427 e. The molecule has 2 amide bonds. The Kier molecular flexibility index (Phi) is 6.39. The van der Waals surface area contributed by atoms with Crippen molar-refractivity contribution in [1.29, 1.82) is 0 Å². The SMILES string of the molecule is CC(=O)Oc1cccc(C(=O)N2CCN(C(=O)/C=C/c3ccc(F)cc3)CC2)c1. The molecular weight excluding hydrogens is 375 g/mol. The molecule has 0 radical (unpaired) electrons. The van der Waals surface area contributed by atoms with Gasteiger partial charge in [-0.3, -0.25) is 14.4 Å². The van der Waals surface area contributed by atoms with E-state index < -0.39 is 5.97 Å². The molecule has 0 N–H and O–H groups in total. The summed E-state index contributed by atoms with van der Waals surface area (Å²) in [5.74, 6) is -0.780. The zero-order valence-electron chi connectivity index (χ0n) is 16.0. The molecule has 3 rings (SSSR count). The quantitative estimate of drug-likeness (QED) is 0.453. The first kappa shape index (κ1) is 20.3. The third-order valence-electron chi connectivity index (χ3n) is 4.51. The van der Waals surface area contributed by atoms with Gasteiger partial charge in [0.25, 0.3) is 5.91 Å². The van der Waals surface area contributed by atoms with Crippen LogP contribution in [0.1, 0.15) is 22.8 Å². The Morgan fingerprint density at radius 1 is 0.966 bits per heavy atom. The molecule has 150 valence electrons. The lowest BCUT2D eigenvalue weighted by molar-refractivity contribution is -0.132. The van der Waals surface area contributed by atoms with Crippen LogP contribution in [0.4, 0.5) is 4.39 Å². The number of benzene rings is 2. The zero-order chi connectivity index (χ0) is 20.8. The number of ether oxygens (including phenoxy) is 1. The lowest BCUT2D eigenvalue weighted by Gasteiger charge is -2.34. The number of amides is 2. The molecule has 0 unspecified atom stereocenters. The highest BCUT2D eigenvalue weighted by molar-refractivity contribution is 5.95. The van der Waals surface area contributed by atoms with Crippen LogP contribution in [-0.4, -0.2) is 53.8 Å². The zero-order valence-corrected chi connectivity index (χ0v) is 16.0. The van der Waals surface area contributed by atoms with Gasteiger partial charge in [-0.05, 0) is 42.0 Å². The summed E-state index contributed by atoms with van der Waals surface area (Å²) >= 11 is 0. The largest absolute Gasteiger partial charge is 0.427 e. The molecule has 0 spiro atoms. The van der Waals surface area contributed by atoms with Gasteiger partial charge in [-0.25, -0.2) is 4.39 Å². The van der Waals surface area contributed by atoms with Crippen molar-refractivity contribution in [3.8, 4) is 5.75 Å². The maximum absolute atomic E-state index is 12.9. The van der Waals surface area contributed by atoms with Crippen LogP contribution in [-0.2, 0) is 9.59 Å². The summed E-state index contributed by atoms with van der Waals surface area (Å²) in [6.45, 7) is 2.96. The molecule has 6 nitrogen and oxygen atoms in total. The molecule has 0 atom stereocenters. The van der Waals surface area contributed by atoms with Crippen molar-refractivity contribution >= 4 is 23.9 Å². The normalized spacial score (nSPS) is 14.1. The van der Waals surface area contributed by atoms with E-state index in [1.807, 2.05) is 0 Å². The Morgan fingerprint density at radius 2 is 1.62 bits per heavy atom. The smallest absolute Gasteiger partial charge is 0.308 e. The van der Waals surface area contributed by atoms with Crippen LogP contribution in [0.25, 0.3) is 6.08 Å². The van der Waals surface area contributed by atoms with E-state index in [4.69, 9.17) is 4.74 Å². The molecule has 0 aliphatic carbocycles. The Bertz CT molecular complexity index is 932. The highest BCUT2D eigenvalue weighted by Gasteiger charge is 2.24. The Morgan fingerprint density at radius 3 is 2.28 bits per heavy atom. The van der Waals surface area contributed by atoms with E-state index in [-0.39, 0.29) is 17.6 Å². The number of hydrogen-bond acceptors (Lipinski definition) is 4. The summed E-state index contributed by atoms with van der Waals surface area (Å²) in [6.07, 6.45) is 3.09. The molecule has 0 bridgehead atoms. The summed E-state index contributed by atoms with van der Waals surface area (Å²) in [4.78, 5) is 39.4. The molecule has 2 aromatic rings. The predicted molar refractivity (Wildman–Crippen MR) is 106 cm³/mol. The van der Waals surface area contributed by atoms with Crippen LogP contribution < -0.4 is 4.74 Å². The third kappa shape index (κ3) is 5.51. The lowest BCUT2D eigenvalue weighted by atomic mass is 10.1. The van der Waals surface area contributed by atoms with Gasteiger partial charge in [-0.15, -0.1) is 0 Å². The summed E-state index contributed by atoms with van der Waals surface area (Å²) in [6, 6.07) is 12.3. The van der Waals surface area contributed by atoms with Crippen molar-refractivity contribution in [3.63, 3.8) is 0 Å². The van der Waals surface area contributed by atoms with Gasteiger partial charge in [0.2, 0.25) is 5.91 Å². The van der Waals surface area contributed by atoms with Gasteiger partial charge in [-0.2, -0.15) is 0 Å². The molecule has 1 fully saturated rings. The number of carbonyl (C=O) groups excluding carboxylic acids is 3. The van der Waals surface area contributed by atoms with Gasteiger partial charge < -0.3 is 14.5 Å². The molecule has 1 aliphatic rings. The van der Waals surface area contributed by atoms with E-state index in [0.29, 0.717) is 37.5 Å². The first-order chi connectivity index (χ1) is 13.9. The highest BCUT2D eigenvalue weighted by Crippen LogP contribution is 2.16. The van der Waals surface area contributed by atoms with E-state index in [9.17, 15) is 18.8 Å². The highest BCUT2D eigenvalue weighted by atomic mass is 19.1. The predicted octanol–water partition coefficient (Wildman–Crippen LogP) is 2.75. The van der Waals surface area contributed by atoms with Crippen LogP contribution >= 0.6 is 0 Å². The first-order valence-electron chi connectivity index (χ1n) is 9.23. The number of esters is 1. The Labute approximate surface area is 168 Å². The third-order valence-corrected chi connectivity index (χ3v) is 4.51. The van der Waals surface area contributed by atoms with Crippen molar-refractivity contribution in [1.82, 2.24) is 9.80 Å². The van der Waals surface area contributed by atoms with Gasteiger partial charge in [0, 0.05) is 44.7 Å². The molecule has 1 heterocycles. The fraction of sp³-hybridized carbons (Fsp3) is 0.227. The number of carbonyl (C=O) groups is 3. The molecule has 1 aliphatic heterocycles. The summed E-state index contributed by atoms with van der Waals surface area (Å²) in [5, 5.41) is 0. The fourth-order valence-corrected chi connectivity index (χ4v) is 3.02. The van der Waals surface area contributed by atoms with Crippen molar-refractivity contribution in [3.05, 3.63) is 71.6 Å². The van der Waals surface area contributed by atoms with E-state index in [0.717, 1.165) is 5.56 Å². The lowest BCUT2D eigenvalue weighted by Crippen LogP contribution is -2.50. The van der Waals surface area contributed by atoms with E-state index >= 15 is 0 Å². The molecule has 1 saturated heterocycles. The minimum absolute atomic E-state index is 0.154. The average molecular weight is 396 g/mol. The minimum atomic E-state index is -0.449. The topological polar surface area (TPSA) is 66.9 Å². The van der Waals surface area contributed by atoms with Gasteiger partial charge >= 0.3 is 5.97 Å². The van der Waals surface area contributed by atoms with Crippen LogP contribution in [0.15, 0.2) is 54.6 Å². The molecule has 0 aromatic heterocycles. The van der Waals surface area contributed by atoms with Gasteiger partial charge in [0.05, 0.1) is 0 Å². The van der Waals surface area contributed by atoms with Crippen molar-refractivity contribution in [2.75, 3.05) is 26.2 Å².